The number of hydrogen-bond donors (Lipinski definition) is 0. The van der Waals surface area contributed by atoms with Gasteiger partial charge in [0.15, 0.2) is 6.61 Å². The lowest BCUT2D eigenvalue weighted by Crippen LogP contribution is -2.44. The zero-order valence-corrected chi connectivity index (χ0v) is 13.2. The molecule has 5 heteroatoms. The molecular weight excluding hydrogens is 330 g/mol. The van der Waals surface area contributed by atoms with Crippen LogP contribution in [0, 0.1) is 0 Å². The van der Waals surface area contributed by atoms with Crippen LogP contribution >= 0.6 is 27.5 Å². The Labute approximate surface area is 127 Å². The highest BCUT2D eigenvalue weighted by Crippen LogP contribution is 2.27. The van der Waals surface area contributed by atoms with Crippen LogP contribution in [0.3, 0.4) is 0 Å². The summed E-state index contributed by atoms with van der Waals surface area (Å²) in [5, 5.41) is 0.508. The fraction of sp³-hybridized carbons (Fsp3) is 0.500. The third-order valence-electron chi connectivity index (χ3n) is 3.37. The van der Waals surface area contributed by atoms with Gasteiger partial charge < -0.3 is 9.64 Å². The predicted octanol–water partition coefficient (Wildman–Crippen LogP) is 3.88. The van der Waals surface area contributed by atoms with Crippen LogP contribution in [0.15, 0.2) is 22.7 Å². The maximum absolute atomic E-state index is 12.1. The van der Waals surface area contributed by atoms with E-state index >= 15 is 0 Å². The van der Waals surface area contributed by atoms with E-state index in [1.807, 2.05) is 11.0 Å². The summed E-state index contributed by atoms with van der Waals surface area (Å²) in [6, 6.07) is 5.67. The summed E-state index contributed by atoms with van der Waals surface area (Å²) in [4.78, 5) is 14.0. The van der Waals surface area contributed by atoms with Crippen LogP contribution in [0.25, 0.3) is 0 Å². The smallest absolute Gasteiger partial charge is 0.260 e. The van der Waals surface area contributed by atoms with Crippen LogP contribution in [0.4, 0.5) is 0 Å². The van der Waals surface area contributed by atoms with Gasteiger partial charge in [-0.05, 0) is 44.4 Å². The van der Waals surface area contributed by atoms with E-state index in [0.717, 1.165) is 23.9 Å². The van der Waals surface area contributed by atoms with E-state index in [-0.39, 0.29) is 12.5 Å². The largest absolute Gasteiger partial charge is 0.482 e. The maximum Gasteiger partial charge on any atom is 0.260 e. The molecule has 0 aromatic heterocycles. The Bertz CT molecular complexity index is 467. The van der Waals surface area contributed by atoms with E-state index in [1.165, 1.54) is 6.42 Å². The van der Waals surface area contributed by atoms with Crippen LogP contribution in [-0.2, 0) is 4.79 Å². The van der Waals surface area contributed by atoms with Crippen molar-refractivity contribution in [3.63, 3.8) is 0 Å². The Morgan fingerprint density at radius 3 is 3.00 bits per heavy atom. The van der Waals surface area contributed by atoms with Crippen molar-refractivity contribution in [1.82, 2.24) is 4.90 Å². The van der Waals surface area contributed by atoms with Gasteiger partial charge in [0.2, 0.25) is 0 Å². The monoisotopic (exact) mass is 345 g/mol. The molecule has 1 unspecified atom stereocenters. The zero-order valence-electron chi connectivity index (χ0n) is 10.9. The van der Waals surface area contributed by atoms with Gasteiger partial charge in [0.25, 0.3) is 5.91 Å². The molecule has 1 aromatic rings. The number of benzene rings is 1. The van der Waals surface area contributed by atoms with Gasteiger partial charge in [0, 0.05) is 17.1 Å². The van der Waals surface area contributed by atoms with Gasteiger partial charge in [-0.25, -0.2) is 0 Å². The van der Waals surface area contributed by atoms with Gasteiger partial charge in [-0.1, -0.05) is 27.5 Å². The van der Waals surface area contributed by atoms with Gasteiger partial charge in [0.1, 0.15) is 5.75 Å². The average Bonchev–Trinajstić information content (AvgIpc) is 2.38. The first-order valence-corrected chi connectivity index (χ1v) is 7.62. The molecule has 1 atom stereocenters. The van der Waals surface area contributed by atoms with E-state index in [0.29, 0.717) is 16.8 Å². The van der Waals surface area contributed by atoms with Crippen molar-refractivity contribution in [3.05, 3.63) is 27.7 Å². The molecule has 0 bridgehead atoms. The number of piperidine rings is 1. The number of carbonyl (C=O) groups is 1. The second-order valence-corrected chi connectivity index (χ2v) is 6.12. The maximum atomic E-state index is 12.1. The molecule has 1 saturated heterocycles. The van der Waals surface area contributed by atoms with Gasteiger partial charge >= 0.3 is 0 Å². The normalized spacial score (nSPS) is 19.3. The van der Waals surface area contributed by atoms with Crippen LogP contribution in [0.1, 0.15) is 26.2 Å². The van der Waals surface area contributed by atoms with Crippen LogP contribution in [0.5, 0.6) is 5.75 Å². The number of nitrogens with zero attached hydrogens (tertiary/aromatic N) is 1. The highest BCUT2D eigenvalue weighted by atomic mass is 79.9. The Kier molecular flexibility index (Phi) is 5.11. The van der Waals surface area contributed by atoms with Crippen LogP contribution < -0.4 is 4.74 Å². The lowest BCUT2D eigenvalue weighted by molar-refractivity contribution is -0.136. The van der Waals surface area contributed by atoms with Crippen molar-refractivity contribution in [3.8, 4) is 5.75 Å². The number of rotatable bonds is 3. The molecule has 19 heavy (non-hydrogen) atoms. The van der Waals surface area contributed by atoms with Crippen molar-refractivity contribution >= 4 is 33.4 Å². The van der Waals surface area contributed by atoms with Crippen molar-refractivity contribution in [2.75, 3.05) is 13.2 Å². The topological polar surface area (TPSA) is 29.5 Å². The van der Waals surface area contributed by atoms with Crippen LogP contribution in [-0.4, -0.2) is 30.0 Å². The fourth-order valence-corrected chi connectivity index (χ4v) is 3.01. The molecule has 0 saturated carbocycles. The Hall–Kier alpha value is -0.740. The third-order valence-corrected chi connectivity index (χ3v) is 4.16. The second kappa shape index (κ2) is 6.62. The molecule has 2 rings (SSSR count). The molecule has 1 heterocycles. The number of ether oxygens (including phenoxy) is 1. The van der Waals surface area contributed by atoms with E-state index in [1.54, 1.807) is 12.1 Å². The van der Waals surface area contributed by atoms with E-state index in [2.05, 4.69) is 22.9 Å². The predicted molar refractivity (Wildman–Crippen MR) is 79.7 cm³/mol. The van der Waals surface area contributed by atoms with Gasteiger partial charge in [-0.15, -0.1) is 0 Å². The number of halogens is 2. The highest BCUT2D eigenvalue weighted by Gasteiger charge is 2.23. The number of hydrogen-bond acceptors (Lipinski definition) is 2. The first-order chi connectivity index (χ1) is 9.08. The SMILES string of the molecule is CC1CCCCN1C(=O)COc1ccc(Br)cc1Cl. The van der Waals surface area contributed by atoms with E-state index < -0.39 is 0 Å². The number of amides is 1. The molecule has 3 nitrogen and oxygen atoms in total. The molecule has 1 aliphatic rings. The first kappa shape index (κ1) is 14.7. The van der Waals surface area contributed by atoms with Gasteiger partial charge in [0.05, 0.1) is 5.02 Å². The molecule has 1 amide bonds. The van der Waals surface area contributed by atoms with Crippen molar-refractivity contribution in [1.29, 1.82) is 0 Å². The van der Waals surface area contributed by atoms with E-state index in [4.69, 9.17) is 16.3 Å². The van der Waals surface area contributed by atoms with E-state index in [9.17, 15) is 4.79 Å². The molecule has 0 radical (unpaired) electrons. The Morgan fingerprint density at radius 1 is 1.53 bits per heavy atom. The number of likely N-dealkylation sites (tertiary alicyclic amines) is 1. The lowest BCUT2D eigenvalue weighted by Gasteiger charge is -2.33. The summed E-state index contributed by atoms with van der Waals surface area (Å²) < 4.78 is 6.40. The summed E-state index contributed by atoms with van der Waals surface area (Å²) in [5.41, 5.74) is 0. The number of carbonyl (C=O) groups excluding carboxylic acids is 1. The molecular formula is C14H17BrClNO2. The van der Waals surface area contributed by atoms with Gasteiger partial charge in [-0.3, -0.25) is 4.79 Å². The molecule has 0 N–H and O–H groups in total. The minimum absolute atomic E-state index is 0.0335. The minimum atomic E-state index is 0.0335. The Balaban J connectivity index is 1.92. The molecule has 1 aliphatic heterocycles. The van der Waals surface area contributed by atoms with Crippen molar-refractivity contribution < 1.29 is 9.53 Å². The van der Waals surface area contributed by atoms with Crippen molar-refractivity contribution in [2.45, 2.75) is 32.2 Å². The summed E-state index contributed by atoms with van der Waals surface area (Å²) in [6.45, 7) is 2.97. The fourth-order valence-electron chi connectivity index (χ4n) is 2.28. The minimum Gasteiger partial charge on any atom is -0.482 e. The third kappa shape index (κ3) is 3.86. The highest BCUT2D eigenvalue weighted by molar-refractivity contribution is 9.10. The molecule has 104 valence electrons. The van der Waals surface area contributed by atoms with Gasteiger partial charge in [-0.2, -0.15) is 0 Å². The summed E-state index contributed by atoms with van der Waals surface area (Å²) in [6.07, 6.45) is 3.35. The second-order valence-electron chi connectivity index (χ2n) is 4.80. The molecule has 0 spiro atoms. The molecule has 0 aliphatic carbocycles. The summed E-state index contributed by atoms with van der Waals surface area (Å²) in [7, 11) is 0. The quantitative estimate of drug-likeness (QED) is 0.831. The van der Waals surface area contributed by atoms with Crippen molar-refractivity contribution in [2.24, 2.45) is 0 Å². The first-order valence-electron chi connectivity index (χ1n) is 6.45. The summed E-state index contributed by atoms with van der Waals surface area (Å²) >= 11 is 9.38. The zero-order chi connectivity index (χ0) is 13.8. The Morgan fingerprint density at radius 2 is 2.32 bits per heavy atom. The van der Waals surface area contributed by atoms with Crippen LogP contribution in [0.2, 0.25) is 5.02 Å². The molecule has 1 aromatic carbocycles. The molecule has 1 fully saturated rings. The lowest BCUT2D eigenvalue weighted by atomic mass is 10.0. The average molecular weight is 347 g/mol. The summed E-state index contributed by atoms with van der Waals surface area (Å²) in [5.74, 6) is 0.578. The standard InChI is InChI=1S/C14H17BrClNO2/c1-10-4-2-3-7-17(10)14(18)9-19-13-6-5-11(15)8-12(13)16/h5-6,8,10H,2-4,7,9H2,1H3.